The van der Waals surface area contributed by atoms with Crippen molar-refractivity contribution >= 4 is 34.3 Å². The highest BCUT2D eigenvalue weighted by Crippen LogP contribution is 2.29. The second kappa shape index (κ2) is 6.55. The van der Waals surface area contributed by atoms with Gasteiger partial charge in [0.15, 0.2) is 0 Å². The van der Waals surface area contributed by atoms with Crippen molar-refractivity contribution in [3.63, 3.8) is 0 Å². The molecule has 0 spiro atoms. The quantitative estimate of drug-likeness (QED) is 0.808. The summed E-state index contributed by atoms with van der Waals surface area (Å²) in [5.41, 5.74) is 0. The summed E-state index contributed by atoms with van der Waals surface area (Å²) in [6.45, 7) is 0. The van der Waals surface area contributed by atoms with E-state index in [4.69, 9.17) is 11.6 Å². The molecule has 0 amide bonds. The van der Waals surface area contributed by atoms with E-state index in [-0.39, 0.29) is 0 Å². The van der Waals surface area contributed by atoms with Gasteiger partial charge in [-0.15, -0.1) is 22.7 Å². The van der Waals surface area contributed by atoms with Crippen LogP contribution in [-0.4, -0.2) is 7.05 Å². The summed E-state index contributed by atoms with van der Waals surface area (Å²) in [5.74, 6) is 0. The van der Waals surface area contributed by atoms with Gasteiger partial charge in [0.2, 0.25) is 0 Å². The molecule has 0 fully saturated rings. The highest BCUT2D eigenvalue weighted by atomic mass is 35.5. The van der Waals surface area contributed by atoms with Crippen molar-refractivity contribution in [1.29, 1.82) is 0 Å². The zero-order chi connectivity index (χ0) is 12.1. The van der Waals surface area contributed by atoms with E-state index in [0.717, 1.165) is 10.8 Å². The standard InChI is InChI=1S/C13H16ClNS2/c1-15-11(12-7-8-13(14)17-12)6-2-4-10-5-3-9-16-10/h3,5,7-9,11,15H,2,4,6H2,1H3. The van der Waals surface area contributed by atoms with E-state index in [0.29, 0.717) is 6.04 Å². The lowest BCUT2D eigenvalue weighted by molar-refractivity contribution is 0.536. The number of nitrogens with one attached hydrogen (secondary N) is 1. The molecular weight excluding hydrogens is 270 g/mol. The topological polar surface area (TPSA) is 12.0 Å². The van der Waals surface area contributed by atoms with Crippen LogP contribution < -0.4 is 5.32 Å². The first-order valence-corrected chi connectivity index (χ1v) is 7.82. The monoisotopic (exact) mass is 285 g/mol. The van der Waals surface area contributed by atoms with Crippen LogP contribution in [0.25, 0.3) is 0 Å². The minimum Gasteiger partial charge on any atom is -0.312 e. The molecule has 1 atom stereocenters. The molecule has 1 unspecified atom stereocenters. The molecule has 4 heteroatoms. The van der Waals surface area contributed by atoms with Gasteiger partial charge in [-0.2, -0.15) is 0 Å². The smallest absolute Gasteiger partial charge is 0.0931 e. The van der Waals surface area contributed by atoms with Crippen molar-refractivity contribution in [2.75, 3.05) is 7.05 Å². The van der Waals surface area contributed by atoms with E-state index in [9.17, 15) is 0 Å². The van der Waals surface area contributed by atoms with E-state index in [1.54, 1.807) is 11.3 Å². The molecular formula is C13H16ClNS2. The highest BCUT2D eigenvalue weighted by Gasteiger charge is 2.11. The van der Waals surface area contributed by atoms with E-state index in [2.05, 4.69) is 28.9 Å². The maximum Gasteiger partial charge on any atom is 0.0931 e. The van der Waals surface area contributed by atoms with Crippen LogP contribution in [0.3, 0.4) is 0 Å². The molecule has 0 aliphatic heterocycles. The number of halogens is 1. The average molecular weight is 286 g/mol. The zero-order valence-electron chi connectivity index (χ0n) is 9.78. The molecule has 1 N–H and O–H groups in total. The molecule has 2 heterocycles. The van der Waals surface area contributed by atoms with E-state index in [1.165, 1.54) is 22.6 Å². The Labute approximate surface area is 115 Å². The van der Waals surface area contributed by atoms with E-state index < -0.39 is 0 Å². The molecule has 92 valence electrons. The Morgan fingerprint density at radius 2 is 2.24 bits per heavy atom. The number of hydrogen-bond acceptors (Lipinski definition) is 3. The van der Waals surface area contributed by atoms with Crippen LogP contribution in [0.4, 0.5) is 0 Å². The van der Waals surface area contributed by atoms with Crippen molar-refractivity contribution < 1.29 is 0 Å². The predicted octanol–water partition coefficient (Wildman–Crippen LogP) is 4.75. The summed E-state index contributed by atoms with van der Waals surface area (Å²) < 4.78 is 0.874. The first-order valence-electron chi connectivity index (χ1n) is 5.74. The van der Waals surface area contributed by atoms with E-state index in [1.807, 2.05) is 24.5 Å². The Bertz CT molecular complexity index is 436. The summed E-state index contributed by atoms with van der Waals surface area (Å²) in [4.78, 5) is 2.81. The Kier molecular flexibility index (Phi) is 5.04. The lowest BCUT2D eigenvalue weighted by Gasteiger charge is -2.13. The molecule has 17 heavy (non-hydrogen) atoms. The molecule has 0 saturated heterocycles. The van der Waals surface area contributed by atoms with Crippen molar-refractivity contribution in [1.82, 2.24) is 5.32 Å². The molecule has 0 bridgehead atoms. The van der Waals surface area contributed by atoms with Gasteiger partial charge in [0, 0.05) is 15.8 Å². The van der Waals surface area contributed by atoms with Crippen LogP contribution in [0.2, 0.25) is 4.34 Å². The summed E-state index contributed by atoms with van der Waals surface area (Å²) in [7, 11) is 2.02. The Balaban J connectivity index is 1.84. The summed E-state index contributed by atoms with van der Waals surface area (Å²) in [6.07, 6.45) is 3.54. The molecule has 0 radical (unpaired) electrons. The Hall–Kier alpha value is -0.350. The van der Waals surface area contributed by atoms with Crippen molar-refractivity contribution in [3.8, 4) is 0 Å². The lowest BCUT2D eigenvalue weighted by Crippen LogP contribution is -2.15. The maximum absolute atomic E-state index is 5.97. The number of aryl methyl sites for hydroxylation is 1. The third-order valence-electron chi connectivity index (χ3n) is 2.78. The van der Waals surface area contributed by atoms with Crippen LogP contribution in [0.5, 0.6) is 0 Å². The van der Waals surface area contributed by atoms with Gasteiger partial charge < -0.3 is 5.32 Å². The molecule has 0 aliphatic rings. The third kappa shape index (κ3) is 3.81. The molecule has 0 saturated carbocycles. The van der Waals surface area contributed by atoms with Gasteiger partial charge in [-0.05, 0) is 49.9 Å². The van der Waals surface area contributed by atoms with Crippen molar-refractivity contribution in [3.05, 3.63) is 43.7 Å². The van der Waals surface area contributed by atoms with Gasteiger partial charge in [0.1, 0.15) is 0 Å². The number of rotatable bonds is 6. The summed E-state index contributed by atoms with van der Waals surface area (Å²) in [5, 5.41) is 5.51. The Morgan fingerprint density at radius 3 is 2.82 bits per heavy atom. The van der Waals surface area contributed by atoms with Gasteiger partial charge in [-0.3, -0.25) is 0 Å². The van der Waals surface area contributed by atoms with Gasteiger partial charge in [-0.1, -0.05) is 17.7 Å². The minimum atomic E-state index is 0.437. The summed E-state index contributed by atoms with van der Waals surface area (Å²) >= 11 is 9.49. The molecule has 0 aromatic carbocycles. The van der Waals surface area contributed by atoms with Crippen molar-refractivity contribution in [2.45, 2.75) is 25.3 Å². The fourth-order valence-electron chi connectivity index (χ4n) is 1.88. The van der Waals surface area contributed by atoms with Crippen LogP contribution in [0.15, 0.2) is 29.6 Å². The van der Waals surface area contributed by atoms with Crippen LogP contribution in [-0.2, 0) is 6.42 Å². The fourth-order valence-corrected chi connectivity index (χ4v) is 3.84. The van der Waals surface area contributed by atoms with Gasteiger partial charge in [-0.25, -0.2) is 0 Å². The van der Waals surface area contributed by atoms with E-state index >= 15 is 0 Å². The average Bonchev–Trinajstić information content (AvgIpc) is 2.96. The van der Waals surface area contributed by atoms with Crippen LogP contribution in [0.1, 0.15) is 28.6 Å². The maximum atomic E-state index is 5.97. The normalized spacial score (nSPS) is 12.8. The zero-order valence-corrected chi connectivity index (χ0v) is 12.2. The number of thiophene rings is 2. The molecule has 2 aromatic rings. The van der Waals surface area contributed by atoms with Crippen molar-refractivity contribution in [2.24, 2.45) is 0 Å². The first-order chi connectivity index (χ1) is 8.29. The first kappa shape index (κ1) is 13.1. The SMILES string of the molecule is CNC(CCCc1cccs1)c1ccc(Cl)s1. The van der Waals surface area contributed by atoms with Crippen LogP contribution in [0, 0.1) is 0 Å². The largest absolute Gasteiger partial charge is 0.312 e. The molecule has 2 aromatic heterocycles. The number of hydrogen-bond donors (Lipinski definition) is 1. The second-order valence-electron chi connectivity index (χ2n) is 3.95. The van der Waals surface area contributed by atoms with Crippen LogP contribution >= 0.6 is 34.3 Å². The Morgan fingerprint density at radius 1 is 1.35 bits per heavy atom. The molecule has 1 nitrogen and oxygen atoms in total. The molecule has 2 rings (SSSR count). The van der Waals surface area contributed by atoms with Gasteiger partial charge in [0.05, 0.1) is 4.34 Å². The summed E-state index contributed by atoms with van der Waals surface area (Å²) in [6, 6.07) is 8.87. The van der Waals surface area contributed by atoms with Gasteiger partial charge in [0.25, 0.3) is 0 Å². The lowest BCUT2D eigenvalue weighted by atomic mass is 10.1. The second-order valence-corrected chi connectivity index (χ2v) is 6.73. The minimum absolute atomic E-state index is 0.437. The molecule has 0 aliphatic carbocycles. The predicted molar refractivity (Wildman–Crippen MR) is 78.4 cm³/mol. The van der Waals surface area contributed by atoms with Gasteiger partial charge >= 0.3 is 0 Å². The fraction of sp³-hybridized carbons (Fsp3) is 0.385. The third-order valence-corrected chi connectivity index (χ3v) is 5.06. The highest BCUT2D eigenvalue weighted by molar-refractivity contribution is 7.16.